The molecule has 0 saturated heterocycles. The van der Waals surface area contributed by atoms with E-state index >= 15 is 0 Å². The number of aromatic nitrogens is 2. The summed E-state index contributed by atoms with van der Waals surface area (Å²) in [6.07, 6.45) is 3.37. The Hall–Kier alpha value is -5.27. The maximum Gasteiger partial charge on any atom is 0.407 e. The first-order valence-corrected chi connectivity index (χ1v) is 19.8. The molecule has 0 fully saturated rings. The Labute approximate surface area is 325 Å². The van der Waals surface area contributed by atoms with Gasteiger partial charge in [-0.05, 0) is 48.9 Å². The predicted molar refractivity (Wildman–Crippen MR) is 213 cm³/mol. The first kappa shape index (κ1) is 39.9. The molecular weight excluding hydrogens is 721 g/mol. The van der Waals surface area contributed by atoms with Crippen molar-refractivity contribution in [3.8, 4) is 5.75 Å². The summed E-state index contributed by atoms with van der Waals surface area (Å²) in [6, 6.07) is 27.0. The number of nitrogens with zero attached hydrogens (tertiary/aromatic N) is 3. The molecule has 3 aromatic carbocycles. The summed E-state index contributed by atoms with van der Waals surface area (Å²) in [5.74, 6) is 0.503. The molecule has 5 rings (SSSR count). The van der Waals surface area contributed by atoms with E-state index < -0.39 is 18.2 Å². The first-order valence-electron chi connectivity index (χ1n) is 18.0. The minimum Gasteiger partial charge on any atom is -0.491 e. The van der Waals surface area contributed by atoms with Crippen molar-refractivity contribution < 1.29 is 23.9 Å². The van der Waals surface area contributed by atoms with Crippen LogP contribution in [0.4, 0.5) is 9.59 Å². The predicted octanol–water partition coefficient (Wildman–Crippen LogP) is 7.36. The molecule has 4 amide bonds. The Balaban J connectivity index is 1.29. The molecule has 3 unspecified atom stereocenters. The Morgan fingerprint density at radius 1 is 0.796 bits per heavy atom. The molecule has 2 heterocycles. The molecule has 13 heteroatoms. The quantitative estimate of drug-likeness (QED) is 0.0800. The number of benzene rings is 3. The van der Waals surface area contributed by atoms with Gasteiger partial charge in [-0.1, -0.05) is 92.7 Å². The summed E-state index contributed by atoms with van der Waals surface area (Å²) in [4.78, 5) is 51.7. The summed E-state index contributed by atoms with van der Waals surface area (Å²) in [7, 11) is 1.68. The first-order chi connectivity index (χ1) is 26.2. The number of urea groups is 1. The molecule has 3 N–H and O–H groups in total. The monoisotopic (exact) mass is 768 g/mol. The normalized spacial score (nSPS) is 12.7. The Kier molecular flexibility index (Phi) is 15.4. The Bertz CT molecular complexity index is 1860. The van der Waals surface area contributed by atoms with Gasteiger partial charge in [0.05, 0.1) is 27.6 Å². The van der Waals surface area contributed by atoms with E-state index in [1.807, 2.05) is 84.2 Å². The number of amides is 4. The highest BCUT2D eigenvalue weighted by Crippen LogP contribution is 2.20. The van der Waals surface area contributed by atoms with E-state index in [2.05, 4.69) is 39.8 Å². The van der Waals surface area contributed by atoms with Gasteiger partial charge in [0.25, 0.3) is 0 Å². The number of alkyl carbamates (subject to hydrolysis) is 1. The average Bonchev–Trinajstić information content (AvgIpc) is 3.89. The molecular formula is C41H48N6O5S2. The highest BCUT2D eigenvalue weighted by Gasteiger charge is 2.27. The Morgan fingerprint density at radius 3 is 1.98 bits per heavy atom. The van der Waals surface area contributed by atoms with Gasteiger partial charge >= 0.3 is 12.1 Å². The zero-order valence-electron chi connectivity index (χ0n) is 30.9. The number of hydrogen-bond acceptors (Lipinski definition) is 9. The average molecular weight is 769 g/mol. The second kappa shape index (κ2) is 20.8. The molecule has 0 aliphatic carbocycles. The molecule has 11 nitrogen and oxygen atoms in total. The number of nitrogens with one attached hydrogen (secondary N) is 3. The third-order valence-electron chi connectivity index (χ3n) is 8.59. The van der Waals surface area contributed by atoms with Crippen LogP contribution in [0, 0.1) is 0 Å². The van der Waals surface area contributed by atoms with Crippen molar-refractivity contribution in [3.05, 3.63) is 135 Å². The highest BCUT2D eigenvalue weighted by atomic mass is 32.1. The van der Waals surface area contributed by atoms with Crippen molar-refractivity contribution in [2.45, 2.75) is 76.7 Å². The number of para-hydroxylation sites is 1. The van der Waals surface area contributed by atoms with Crippen LogP contribution in [-0.4, -0.2) is 64.7 Å². The minimum atomic E-state index is -1.000. The van der Waals surface area contributed by atoms with Gasteiger partial charge in [0.1, 0.15) is 25.0 Å². The van der Waals surface area contributed by atoms with Crippen molar-refractivity contribution in [1.82, 2.24) is 30.8 Å². The number of thiazole rings is 2. The van der Waals surface area contributed by atoms with E-state index in [-0.39, 0.29) is 31.2 Å². The third kappa shape index (κ3) is 13.3. The molecule has 0 radical (unpaired) electrons. The number of rotatable bonds is 19. The fourth-order valence-corrected chi connectivity index (χ4v) is 7.06. The maximum atomic E-state index is 14.1. The summed E-state index contributed by atoms with van der Waals surface area (Å²) in [6.45, 7) is 4.52. The maximum absolute atomic E-state index is 14.1. The van der Waals surface area contributed by atoms with Crippen molar-refractivity contribution in [3.63, 3.8) is 0 Å². The van der Waals surface area contributed by atoms with E-state index in [1.165, 1.54) is 16.2 Å². The largest absolute Gasteiger partial charge is 0.491 e. The molecule has 54 heavy (non-hydrogen) atoms. The van der Waals surface area contributed by atoms with Gasteiger partial charge in [-0.25, -0.2) is 14.6 Å². The van der Waals surface area contributed by atoms with Crippen molar-refractivity contribution >= 4 is 40.7 Å². The van der Waals surface area contributed by atoms with Crippen LogP contribution in [0.25, 0.3) is 0 Å². The van der Waals surface area contributed by atoms with Gasteiger partial charge in [0.2, 0.25) is 5.91 Å². The lowest BCUT2D eigenvalue weighted by Gasteiger charge is -2.27. The Morgan fingerprint density at radius 2 is 1.41 bits per heavy atom. The van der Waals surface area contributed by atoms with Crippen LogP contribution >= 0.6 is 22.7 Å². The van der Waals surface area contributed by atoms with E-state index in [1.54, 1.807) is 42.2 Å². The molecule has 284 valence electrons. The van der Waals surface area contributed by atoms with Crippen molar-refractivity contribution in [1.29, 1.82) is 0 Å². The van der Waals surface area contributed by atoms with Crippen LogP contribution in [-0.2, 0) is 35.5 Å². The summed E-state index contributed by atoms with van der Waals surface area (Å²) in [5, 5.41) is 12.1. The lowest BCUT2D eigenvalue weighted by atomic mass is 9.96. The van der Waals surface area contributed by atoms with Gasteiger partial charge in [-0.3, -0.25) is 9.78 Å². The fraction of sp³-hybridized carbons (Fsp3) is 0.341. The molecule has 0 spiro atoms. The zero-order valence-corrected chi connectivity index (χ0v) is 32.5. The second-order valence-electron chi connectivity index (χ2n) is 13.4. The van der Waals surface area contributed by atoms with Crippen molar-refractivity contribution in [2.75, 3.05) is 13.7 Å². The molecule has 0 bridgehead atoms. The molecule has 3 atom stereocenters. The van der Waals surface area contributed by atoms with Gasteiger partial charge in [0.15, 0.2) is 0 Å². The van der Waals surface area contributed by atoms with Gasteiger partial charge in [-0.15, -0.1) is 22.7 Å². The molecule has 2 aromatic heterocycles. The summed E-state index contributed by atoms with van der Waals surface area (Å²) in [5.41, 5.74) is 4.60. The standard InChI is InChI=1S/C41H48N6O5S2/c1-29(2)39-44-34(27-53-39)24-47(3)40(49)46-37(26-51-35-17-11-6-12-18-35)38(48)43-32(21-30-13-7-4-8-14-30)19-20-33(22-31-15-9-5-10-16-31)45-41(50)52-25-36-23-42-28-54-36/h4-18,23,27-29,32-33,37H,19-22,24-26H2,1-3H3,(H,43,48)(H,45,50)(H,46,49). The number of hydrogen-bond donors (Lipinski definition) is 3. The summed E-state index contributed by atoms with van der Waals surface area (Å²) < 4.78 is 11.5. The van der Waals surface area contributed by atoms with E-state index in [0.29, 0.717) is 43.9 Å². The highest BCUT2D eigenvalue weighted by molar-refractivity contribution is 7.09. The van der Waals surface area contributed by atoms with E-state index in [4.69, 9.17) is 9.47 Å². The lowest BCUT2D eigenvalue weighted by molar-refractivity contribution is -0.124. The smallest absolute Gasteiger partial charge is 0.407 e. The molecule has 0 aliphatic rings. The van der Waals surface area contributed by atoms with Crippen LogP contribution in [0.5, 0.6) is 5.75 Å². The number of ether oxygens (including phenoxy) is 2. The minimum absolute atomic E-state index is 0.0779. The van der Waals surface area contributed by atoms with Gasteiger partial charge < -0.3 is 30.3 Å². The van der Waals surface area contributed by atoms with Crippen molar-refractivity contribution in [2.24, 2.45) is 0 Å². The van der Waals surface area contributed by atoms with Crippen LogP contribution in [0.15, 0.2) is 108 Å². The molecule has 0 saturated carbocycles. The topological polar surface area (TPSA) is 135 Å². The molecule has 5 aromatic rings. The number of carbonyl (C=O) groups excluding carboxylic acids is 3. The van der Waals surface area contributed by atoms with Crippen LogP contribution in [0.1, 0.15) is 59.3 Å². The van der Waals surface area contributed by atoms with Crippen LogP contribution in [0.3, 0.4) is 0 Å². The zero-order chi connectivity index (χ0) is 38.1. The third-order valence-corrected chi connectivity index (χ3v) is 10.5. The summed E-state index contributed by atoms with van der Waals surface area (Å²) >= 11 is 2.99. The van der Waals surface area contributed by atoms with E-state index in [0.717, 1.165) is 26.7 Å². The van der Waals surface area contributed by atoms with Gasteiger partial charge in [-0.2, -0.15) is 0 Å². The number of carbonyl (C=O) groups is 3. The van der Waals surface area contributed by atoms with Crippen LogP contribution in [0.2, 0.25) is 0 Å². The molecule has 0 aliphatic heterocycles. The van der Waals surface area contributed by atoms with Gasteiger partial charge in [0, 0.05) is 36.6 Å². The van der Waals surface area contributed by atoms with Crippen LogP contribution < -0.4 is 20.7 Å². The van der Waals surface area contributed by atoms with E-state index in [9.17, 15) is 14.4 Å². The SMILES string of the molecule is CC(C)c1nc(CN(C)C(=O)NC(COc2ccccc2)C(=O)NC(CCC(Cc2ccccc2)NC(=O)OCc2cncs2)Cc2ccccc2)cs1. The second-order valence-corrected chi connectivity index (χ2v) is 15.2. The lowest BCUT2D eigenvalue weighted by Crippen LogP contribution is -2.55. The fourth-order valence-electron chi connectivity index (χ4n) is 5.72.